The number of thioether (sulfide) groups is 1. The van der Waals surface area contributed by atoms with E-state index in [0.29, 0.717) is 17.1 Å². The van der Waals surface area contributed by atoms with Crippen LogP contribution in [0.1, 0.15) is 13.8 Å². The molecule has 27 heavy (non-hydrogen) atoms. The first-order valence-corrected chi connectivity index (χ1v) is 9.39. The SMILES string of the molecule is CN=C(NCC(=O)Nc1ccc(F)c(F)c1F)N1CCSC(C(C)C)C1.I. The third kappa shape index (κ3) is 6.44. The molecule has 1 saturated heterocycles. The Morgan fingerprint density at radius 2 is 2.04 bits per heavy atom. The van der Waals surface area contributed by atoms with Crippen LogP contribution in [0.15, 0.2) is 17.1 Å². The lowest BCUT2D eigenvalue weighted by Gasteiger charge is -2.36. The van der Waals surface area contributed by atoms with E-state index in [9.17, 15) is 18.0 Å². The number of rotatable bonds is 4. The highest BCUT2D eigenvalue weighted by molar-refractivity contribution is 14.0. The maximum absolute atomic E-state index is 13.6. The molecule has 0 saturated carbocycles. The second kappa shape index (κ2) is 11.0. The standard InChI is InChI=1S/C17H23F3N4OS.HI/c1-10(2)13-9-24(6-7-26-13)17(21-3)22-8-14(25)23-12-5-4-11(18)15(19)16(12)20;/h4-5,10,13H,6-9H2,1-3H3,(H,21,22)(H,23,25);1H. The molecule has 0 radical (unpaired) electrons. The van der Waals surface area contributed by atoms with Gasteiger partial charge in [0, 0.05) is 31.1 Å². The lowest BCUT2D eigenvalue weighted by atomic mass is 10.1. The lowest BCUT2D eigenvalue weighted by Crippen LogP contribution is -2.50. The number of guanidine groups is 1. The van der Waals surface area contributed by atoms with E-state index >= 15 is 0 Å². The number of halogens is 4. The van der Waals surface area contributed by atoms with Crippen LogP contribution in [-0.2, 0) is 4.79 Å². The van der Waals surface area contributed by atoms with Crippen LogP contribution in [0.2, 0.25) is 0 Å². The molecule has 0 spiro atoms. The van der Waals surface area contributed by atoms with Crippen molar-refractivity contribution in [3.63, 3.8) is 0 Å². The van der Waals surface area contributed by atoms with Gasteiger partial charge in [-0.15, -0.1) is 24.0 Å². The fraction of sp³-hybridized carbons (Fsp3) is 0.529. The molecule has 2 rings (SSSR count). The van der Waals surface area contributed by atoms with Crippen LogP contribution in [-0.4, -0.2) is 54.5 Å². The quantitative estimate of drug-likeness (QED) is 0.279. The van der Waals surface area contributed by atoms with Crippen LogP contribution in [0.25, 0.3) is 0 Å². The zero-order valence-corrected chi connectivity index (χ0v) is 18.5. The number of carbonyl (C=O) groups is 1. The normalized spacial score (nSPS) is 17.5. The first-order chi connectivity index (χ1) is 12.3. The van der Waals surface area contributed by atoms with E-state index in [2.05, 4.69) is 34.4 Å². The van der Waals surface area contributed by atoms with Gasteiger partial charge < -0.3 is 15.5 Å². The first-order valence-electron chi connectivity index (χ1n) is 8.34. The average molecular weight is 516 g/mol. The van der Waals surface area contributed by atoms with Gasteiger partial charge in [0.2, 0.25) is 5.91 Å². The van der Waals surface area contributed by atoms with E-state index in [-0.39, 0.29) is 30.5 Å². The molecule has 10 heteroatoms. The molecule has 1 heterocycles. The van der Waals surface area contributed by atoms with Gasteiger partial charge in [-0.3, -0.25) is 9.79 Å². The molecule has 1 aromatic rings. The van der Waals surface area contributed by atoms with Crippen LogP contribution in [0.3, 0.4) is 0 Å². The Labute approximate surface area is 178 Å². The number of carbonyl (C=O) groups excluding carboxylic acids is 1. The van der Waals surface area contributed by atoms with Crippen LogP contribution >= 0.6 is 35.7 Å². The number of amides is 1. The molecule has 1 unspecified atom stereocenters. The number of nitrogens with one attached hydrogen (secondary N) is 2. The Bertz CT molecular complexity index is 690. The van der Waals surface area contributed by atoms with Crippen molar-refractivity contribution in [2.24, 2.45) is 10.9 Å². The molecule has 2 N–H and O–H groups in total. The van der Waals surface area contributed by atoms with Gasteiger partial charge in [-0.1, -0.05) is 13.8 Å². The largest absolute Gasteiger partial charge is 0.347 e. The summed E-state index contributed by atoms with van der Waals surface area (Å²) >= 11 is 1.92. The summed E-state index contributed by atoms with van der Waals surface area (Å²) in [4.78, 5) is 18.3. The van der Waals surface area contributed by atoms with Gasteiger partial charge in [-0.2, -0.15) is 11.8 Å². The van der Waals surface area contributed by atoms with E-state index in [1.807, 2.05) is 11.8 Å². The molecule has 152 valence electrons. The van der Waals surface area contributed by atoms with Crippen molar-refractivity contribution >= 4 is 53.3 Å². The minimum absolute atomic E-state index is 0. The fourth-order valence-corrected chi connectivity index (χ4v) is 3.88. The minimum Gasteiger partial charge on any atom is -0.347 e. The summed E-state index contributed by atoms with van der Waals surface area (Å²) in [7, 11) is 1.63. The molecule has 0 aliphatic carbocycles. The Balaban J connectivity index is 0.00000364. The zero-order chi connectivity index (χ0) is 19.3. The maximum Gasteiger partial charge on any atom is 0.243 e. The fourth-order valence-electron chi connectivity index (χ4n) is 2.58. The number of nitrogens with zero attached hydrogens (tertiary/aromatic N) is 2. The number of hydrogen-bond acceptors (Lipinski definition) is 3. The third-order valence-electron chi connectivity index (χ3n) is 4.06. The van der Waals surface area contributed by atoms with Crippen molar-refractivity contribution in [3.05, 3.63) is 29.6 Å². The highest BCUT2D eigenvalue weighted by Crippen LogP contribution is 2.25. The van der Waals surface area contributed by atoms with Gasteiger partial charge in [0.25, 0.3) is 0 Å². The summed E-state index contributed by atoms with van der Waals surface area (Å²) < 4.78 is 39.8. The highest BCUT2D eigenvalue weighted by Gasteiger charge is 2.25. The van der Waals surface area contributed by atoms with Crippen LogP contribution in [0.5, 0.6) is 0 Å². The van der Waals surface area contributed by atoms with Crippen LogP contribution in [0.4, 0.5) is 18.9 Å². The molecule has 1 fully saturated rings. The second-order valence-electron chi connectivity index (χ2n) is 6.27. The summed E-state index contributed by atoms with van der Waals surface area (Å²) in [6, 6.07) is 1.74. The Morgan fingerprint density at radius 1 is 1.33 bits per heavy atom. The van der Waals surface area contributed by atoms with Gasteiger partial charge in [-0.25, -0.2) is 13.2 Å². The highest BCUT2D eigenvalue weighted by atomic mass is 127. The molecule has 0 aromatic heterocycles. The van der Waals surface area contributed by atoms with E-state index in [0.717, 1.165) is 31.0 Å². The van der Waals surface area contributed by atoms with Crippen molar-refractivity contribution in [2.45, 2.75) is 19.1 Å². The maximum atomic E-state index is 13.6. The average Bonchev–Trinajstić information content (AvgIpc) is 2.63. The molecule has 1 atom stereocenters. The number of anilines is 1. The van der Waals surface area contributed by atoms with Gasteiger partial charge in [0.05, 0.1) is 12.2 Å². The molecule has 1 amide bonds. The minimum atomic E-state index is -1.61. The number of benzene rings is 1. The third-order valence-corrected chi connectivity index (χ3v) is 5.60. The predicted octanol–water partition coefficient (Wildman–Crippen LogP) is 3.31. The van der Waals surface area contributed by atoms with Gasteiger partial charge >= 0.3 is 0 Å². The van der Waals surface area contributed by atoms with Gasteiger partial charge in [0.15, 0.2) is 23.4 Å². The van der Waals surface area contributed by atoms with Crippen LogP contribution in [0, 0.1) is 23.4 Å². The number of hydrogen-bond donors (Lipinski definition) is 2. The van der Waals surface area contributed by atoms with E-state index in [4.69, 9.17) is 0 Å². The van der Waals surface area contributed by atoms with Gasteiger partial charge in [0.1, 0.15) is 0 Å². The summed E-state index contributed by atoms with van der Waals surface area (Å²) in [5.74, 6) is -2.84. The van der Waals surface area contributed by atoms with Crippen molar-refractivity contribution in [3.8, 4) is 0 Å². The topological polar surface area (TPSA) is 56.7 Å². The first kappa shape index (κ1) is 23.9. The second-order valence-corrected chi connectivity index (χ2v) is 7.62. The Morgan fingerprint density at radius 3 is 2.67 bits per heavy atom. The van der Waals surface area contributed by atoms with E-state index < -0.39 is 29.0 Å². The molecule has 0 bridgehead atoms. The molecule has 1 aromatic carbocycles. The summed E-state index contributed by atoms with van der Waals surface area (Å²) in [6.07, 6.45) is 0. The number of aliphatic imine (C=N–C) groups is 1. The van der Waals surface area contributed by atoms with Gasteiger partial charge in [-0.05, 0) is 18.1 Å². The molecule has 1 aliphatic heterocycles. The Hall–Kier alpha value is -1.17. The van der Waals surface area contributed by atoms with Crippen molar-refractivity contribution < 1.29 is 18.0 Å². The smallest absolute Gasteiger partial charge is 0.243 e. The predicted molar refractivity (Wildman–Crippen MR) is 114 cm³/mol. The van der Waals surface area contributed by atoms with Crippen molar-refractivity contribution in [1.29, 1.82) is 0 Å². The monoisotopic (exact) mass is 516 g/mol. The molecular weight excluding hydrogens is 492 g/mol. The molecular formula is C17H24F3IN4OS. The van der Waals surface area contributed by atoms with Crippen LogP contribution < -0.4 is 10.6 Å². The molecule has 1 aliphatic rings. The summed E-state index contributed by atoms with van der Waals surface area (Å²) in [5, 5.41) is 5.63. The van der Waals surface area contributed by atoms with E-state index in [1.165, 1.54) is 0 Å². The van der Waals surface area contributed by atoms with Crippen molar-refractivity contribution in [1.82, 2.24) is 10.2 Å². The zero-order valence-electron chi connectivity index (χ0n) is 15.4. The lowest BCUT2D eigenvalue weighted by molar-refractivity contribution is -0.115. The van der Waals surface area contributed by atoms with E-state index in [1.54, 1.807) is 7.05 Å². The van der Waals surface area contributed by atoms with Crippen molar-refractivity contribution in [2.75, 3.05) is 37.8 Å². The Kier molecular flexibility index (Phi) is 9.71. The molecule has 5 nitrogen and oxygen atoms in total. The summed E-state index contributed by atoms with van der Waals surface area (Å²) in [5.41, 5.74) is -0.403. The summed E-state index contributed by atoms with van der Waals surface area (Å²) in [6.45, 7) is 5.80.